The first-order valence-electron chi connectivity index (χ1n) is 10.2. The molecule has 1 saturated carbocycles. The van der Waals surface area contributed by atoms with Gasteiger partial charge < -0.3 is 0 Å². The van der Waals surface area contributed by atoms with E-state index in [1.165, 1.54) is 0 Å². The maximum atomic E-state index is 13.5. The van der Waals surface area contributed by atoms with Gasteiger partial charge in [0, 0.05) is 18.4 Å². The highest BCUT2D eigenvalue weighted by atomic mass is 16.1. The summed E-state index contributed by atoms with van der Waals surface area (Å²) in [6, 6.07) is 14.2. The summed E-state index contributed by atoms with van der Waals surface area (Å²) in [7, 11) is 0. The van der Waals surface area contributed by atoms with E-state index in [1.54, 1.807) is 29.7 Å². The van der Waals surface area contributed by atoms with Crippen molar-refractivity contribution >= 4 is 22.5 Å². The molecule has 152 valence electrons. The normalized spacial score (nSPS) is 16.8. The van der Waals surface area contributed by atoms with Crippen molar-refractivity contribution in [2.45, 2.75) is 45.1 Å². The second kappa shape index (κ2) is 8.19. The second-order valence-corrected chi connectivity index (χ2v) is 7.88. The van der Waals surface area contributed by atoms with Gasteiger partial charge in [0.15, 0.2) is 11.6 Å². The molecule has 1 fully saturated rings. The third kappa shape index (κ3) is 3.75. The number of fused-ring (bicyclic) bond motifs is 1. The van der Waals surface area contributed by atoms with Crippen molar-refractivity contribution in [3.63, 3.8) is 0 Å². The van der Waals surface area contributed by atoms with Crippen LogP contribution in [0, 0.1) is 6.92 Å². The molecule has 3 aromatic rings. The highest BCUT2D eigenvalue weighted by molar-refractivity contribution is 5.96. The van der Waals surface area contributed by atoms with Crippen LogP contribution in [0.25, 0.3) is 10.9 Å². The molecule has 5 heteroatoms. The number of benzene rings is 2. The number of Topliss-reactive ketones (excluding diaryl/α,β-unsaturated/α-hetero) is 2. The molecule has 0 N–H and O–H groups in total. The Balaban J connectivity index is 1.71. The second-order valence-electron chi connectivity index (χ2n) is 7.88. The molecule has 0 radical (unpaired) electrons. The van der Waals surface area contributed by atoms with E-state index in [0.717, 1.165) is 17.6 Å². The number of carbonyl (C=O) groups is 2. The van der Waals surface area contributed by atoms with Crippen LogP contribution in [-0.2, 0) is 11.2 Å². The molecule has 1 atom stereocenters. The molecular weight excluding hydrogens is 376 g/mol. The minimum absolute atomic E-state index is 0.00864. The maximum absolute atomic E-state index is 13.5. The Morgan fingerprint density at radius 1 is 1.13 bits per heavy atom. The molecule has 30 heavy (non-hydrogen) atoms. The highest BCUT2D eigenvalue weighted by Gasteiger charge is 2.28. The Hall–Kier alpha value is -3.34. The van der Waals surface area contributed by atoms with Gasteiger partial charge in [-0.1, -0.05) is 54.6 Å². The van der Waals surface area contributed by atoms with Crippen molar-refractivity contribution in [3.8, 4) is 0 Å². The van der Waals surface area contributed by atoms with Crippen LogP contribution in [0.5, 0.6) is 0 Å². The molecule has 1 heterocycles. The first-order valence-corrected chi connectivity index (χ1v) is 10.2. The van der Waals surface area contributed by atoms with Gasteiger partial charge >= 0.3 is 0 Å². The molecule has 0 amide bonds. The fourth-order valence-electron chi connectivity index (χ4n) is 4.24. The summed E-state index contributed by atoms with van der Waals surface area (Å²) in [5.74, 6) is 0.583. The van der Waals surface area contributed by atoms with E-state index in [0.29, 0.717) is 48.0 Å². The van der Waals surface area contributed by atoms with E-state index in [2.05, 4.69) is 11.6 Å². The van der Waals surface area contributed by atoms with E-state index >= 15 is 0 Å². The number of hydrogen-bond donors (Lipinski definition) is 0. The molecule has 0 bridgehead atoms. The third-order valence-electron chi connectivity index (χ3n) is 5.79. The van der Waals surface area contributed by atoms with E-state index in [-0.39, 0.29) is 17.1 Å². The van der Waals surface area contributed by atoms with Crippen LogP contribution in [-0.4, -0.2) is 21.1 Å². The molecule has 0 spiro atoms. The maximum Gasteiger partial charge on any atom is 0.262 e. The van der Waals surface area contributed by atoms with Crippen molar-refractivity contribution in [2.24, 2.45) is 0 Å². The summed E-state index contributed by atoms with van der Waals surface area (Å²) >= 11 is 0. The van der Waals surface area contributed by atoms with Crippen molar-refractivity contribution in [2.75, 3.05) is 0 Å². The Bertz CT molecular complexity index is 1210. The average Bonchev–Trinajstić information content (AvgIpc) is 2.73. The molecule has 4 rings (SSSR count). The lowest BCUT2D eigenvalue weighted by Crippen LogP contribution is -2.35. The summed E-state index contributed by atoms with van der Waals surface area (Å²) in [5, 5.41) is 0.501. The van der Waals surface area contributed by atoms with Gasteiger partial charge in [-0.2, -0.15) is 0 Å². The van der Waals surface area contributed by atoms with Gasteiger partial charge in [-0.25, -0.2) is 4.98 Å². The smallest absolute Gasteiger partial charge is 0.262 e. The zero-order chi connectivity index (χ0) is 21.3. The Morgan fingerprint density at radius 3 is 2.63 bits per heavy atom. The number of rotatable bonds is 5. The SMILES string of the molecule is C=C1CCC(n2c(C)nc3cccc(CCC(=O)c4ccccc4)c3c2=O)C(=O)C1. The van der Waals surface area contributed by atoms with Crippen LogP contribution in [0.2, 0.25) is 0 Å². The van der Waals surface area contributed by atoms with E-state index in [1.807, 2.05) is 30.3 Å². The standard InChI is InChI=1S/C25H24N2O3/c1-16-11-13-21(23(29)15-16)27-17(2)26-20-10-6-9-19(24(20)25(27)30)12-14-22(28)18-7-4-3-5-8-18/h3-10,21H,1,11-15H2,2H3. The predicted molar refractivity (Wildman–Crippen MR) is 117 cm³/mol. The van der Waals surface area contributed by atoms with Crippen molar-refractivity contribution in [1.29, 1.82) is 0 Å². The predicted octanol–water partition coefficient (Wildman–Crippen LogP) is 4.37. The lowest BCUT2D eigenvalue weighted by molar-refractivity contribution is -0.122. The van der Waals surface area contributed by atoms with E-state index in [9.17, 15) is 14.4 Å². The number of hydrogen-bond acceptors (Lipinski definition) is 4. The summed E-state index contributed by atoms with van der Waals surface area (Å²) in [5.41, 5.74) is 2.76. The highest BCUT2D eigenvalue weighted by Crippen LogP contribution is 2.28. The quantitative estimate of drug-likeness (QED) is 0.471. The van der Waals surface area contributed by atoms with Crippen molar-refractivity contribution in [3.05, 3.63) is 88.0 Å². The van der Waals surface area contributed by atoms with Crippen LogP contribution in [0.4, 0.5) is 0 Å². The lowest BCUT2D eigenvalue weighted by atomic mass is 9.90. The molecule has 0 saturated heterocycles. The van der Waals surface area contributed by atoms with Gasteiger partial charge in [0.2, 0.25) is 0 Å². The van der Waals surface area contributed by atoms with Gasteiger partial charge in [-0.3, -0.25) is 19.0 Å². The lowest BCUT2D eigenvalue weighted by Gasteiger charge is -2.26. The van der Waals surface area contributed by atoms with Crippen molar-refractivity contribution in [1.82, 2.24) is 9.55 Å². The number of nitrogens with zero attached hydrogens (tertiary/aromatic N) is 2. The Labute approximate surface area is 175 Å². The first kappa shape index (κ1) is 20.0. The minimum atomic E-state index is -0.501. The van der Waals surface area contributed by atoms with Crippen LogP contribution >= 0.6 is 0 Å². The number of aryl methyl sites for hydroxylation is 2. The van der Waals surface area contributed by atoms with Crippen LogP contribution < -0.4 is 5.56 Å². The topological polar surface area (TPSA) is 69.0 Å². The summed E-state index contributed by atoms with van der Waals surface area (Å²) in [6.07, 6.45) is 2.36. The van der Waals surface area contributed by atoms with Crippen LogP contribution in [0.15, 0.2) is 65.5 Å². The fraction of sp³-hybridized carbons (Fsp3) is 0.280. The summed E-state index contributed by atoms with van der Waals surface area (Å²) in [6.45, 7) is 5.68. The van der Waals surface area contributed by atoms with E-state index in [4.69, 9.17) is 0 Å². The Morgan fingerprint density at radius 2 is 1.90 bits per heavy atom. The van der Waals surface area contributed by atoms with Crippen LogP contribution in [0.3, 0.4) is 0 Å². The van der Waals surface area contributed by atoms with Crippen molar-refractivity contribution < 1.29 is 9.59 Å². The summed E-state index contributed by atoms with van der Waals surface area (Å²) < 4.78 is 1.54. The Kier molecular flexibility index (Phi) is 5.44. The average molecular weight is 400 g/mol. The van der Waals surface area contributed by atoms with Gasteiger partial charge in [-0.15, -0.1) is 0 Å². The third-order valence-corrected chi connectivity index (χ3v) is 5.79. The zero-order valence-corrected chi connectivity index (χ0v) is 17.1. The largest absolute Gasteiger partial charge is 0.297 e. The summed E-state index contributed by atoms with van der Waals surface area (Å²) in [4.78, 5) is 43.2. The molecule has 1 unspecified atom stereocenters. The van der Waals surface area contributed by atoms with Gasteiger partial charge in [0.1, 0.15) is 5.82 Å². The van der Waals surface area contributed by atoms with Crippen LogP contribution in [0.1, 0.15) is 53.5 Å². The molecule has 1 aliphatic carbocycles. The minimum Gasteiger partial charge on any atom is -0.297 e. The molecule has 1 aliphatic rings. The number of carbonyl (C=O) groups excluding carboxylic acids is 2. The van der Waals surface area contributed by atoms with Gasteiger partial charge in [-0.05, 0) is 37.8 Å². The molecule has 2 aromatic carbocycles. The fourth-order valence-corrected chi connectivity index (χ4v) is 4.24. The molecular formula is C25H24N2O3. The van der Waals surface area contributed by atoms with Gasteiger partial charge in [0.05, 0.1) is 16.9 Å². The molecule has 1 aromatic heterocycles. The number of allylic oxidation sites excluding steroid dienone is 1. The first-order chi connectivity index (χ1) is 14.5. The molecule has 5 nitrogen and oxygen atoms in total. The van der Waals surface area contributed by atoms with Gasteiger partial charge in [0.25, 0.3) is 5.56 Å². The monoisotopic (exact) mass is 400 g/mol. The zero-order valence-electron chi connectivity index (χ0n) is 17.1. The molecule has 0 aliphatic heterocycles. The van der Waals surface area contributed by atoms with E-state index < -0.39 is 6.04 Å². The number of aromatic nitrogens is 2. The number of ketones is 2.